The van der Waals surface area contributed by atoms with Gasteiger partial charge in [0.2, 0.25) is 0 Å². The second kappa shape index (κ2) is 7.06. The van der Waals surface area contributed by atoms with Crippen LogP contribution in [-0.2, 0) is 11.2 Å². The second-order valence-electron chi connectivity index (χ2n) is 6.19. The Kier molecular flexibility index (Phi) is 5.41. The Hall–Kier alpha value is -0.860. The Morgan fingerprint density at radius 1 is 1.21 bits per heavy atom. The van der Waals surface area contributed by atoms with Gasteiger partial charge in [-0.3, -0.25) is 0 Å². The number of unbranched alkanes of at least 4 members (excludes halogenated alkanes) is 1. The summed E-state index contributed by atoms with van der Waals surface area (Å²) in [6.07, 6.45) is 6.01. The molecule has 0 radical (unpaired) electrons. The summed E-state index contributed by atoms with van der Waals surface area (Å²) < 4.78 is 5.74. The minimum Gasteiger partial charge on any atom is -0.375 e. The summed E-state index contributed by atoms with van der Waals surface area (Å²) in [5, 5.41) is 3.68. The second-order valence-corrected chi connectivity index (χ2v) is 6.19. The Balaban J connectivity index is 1.57. The van der Waals surface area contributed by atoms with Crippen LogP contribution in [0.15, 0.2) is 30.3 Å². The third-order valence-electron chi connectivity index (χ3n) is 3.87. The molecule has 0 aliphatic carbocycles. The normalized spacial score (nSPS) is 22.3. The summed E-state index contributed by atoms with van der Waals surface area (Å²) in [6.45, 7) is 6.41. The lowest BCUT2D eigenvalue weighted by atomic mass is 9.94. The zero-order chi connectivity index (χ0) is 13.6. The molecule has 0 amide bonds. The van der Waals surface area contributed by atoms with E-state index in [1.54, 1.807) is 0 Å². The van der Waals surface area contributed by atoms with Crippen molar-refractivity contribution < 1.29 is 4.74 Å². The van der Waals surface area contributed by atoms with Crippen molar-refractivity contribution in [2.24, 2.45) is 0 Å². The number of aryl methyl sites for hydroxylation is 1. The van der Waals surface area contributed by atoms with Crippen LogP contribution in [0.5, 0.6) is 0 Å². The van der Waals surface area contributed by atoms with E-state index in [1.807, 2.05) is 0 Å². The summed E-state index contributed by atoms with van der Waals surface area (Å²) in [4.78, 5) is 0. The number of ether oxygens (including phenoxy) is 1. The van der Waals surface area contributed by atoms with Gasteiger partial charge in [0.1, 0.15) is 0 Å². The molecule has 1 atom stereocenters. The van der Waals surface area contributed by atoms with Crippen LogP contribution in [0.25, 0.3) is 0 Å². The van der Waals surface area contributed by atoms with Crippen molar-refractivity contribution in [3.8, 4) is 0 Å². The zero-order valence-electron chi connectivity index (χ0n) is 12.3. The number of nitrogens with one attached hydrogen (secondary N) is 1. The molecule has 0 saturated carbocycles. The van der Waals surface area contributed by atoms with E-state index < -0.39 is 0 Å². The first-order valence-electron chi connectivity index (χ1n) is 7.57. The number of hydrogen-bond donors (Lipinski definition) is 1. The predicted molar refractivity (Wildman–Crippen MR) is 80.4 cm³/mol. The van der Waals surface area contributed by atoms with Gasteiger partial charge >= 0.3 is 0 Å². The third-order valence-corrected chi connectivity index (χ3v) is 3.87. The minimum atomic E-state index is 0.0555. The Labute approximate surface area is 117 Å². The van der Waals surface area contributed by atoms with Gasteiger partial charge in [0.05, 0.1) is 5.60 Å². The van der Waals surface area contributed by atoms with Gasteiger partial charge in [-0.15, -0.1) is 0 Å². The molecular weight excluding hydrogens is 234 g/mol. The number of hydrogen-bond acceptors (Lipinski definition) is 2. The van der Waals surface area contributed by atoms with Crippen molar-refractivity contribution in [1.82, 2.24) is 5.32 Å². The Morgan fingerprint density at radius 2 is 2.00 bits per heavy atom. The van der Waals surface area contributed by atoms with Gasteiger partial charge in [0, 0.05) is 12.6 Å². The molecule has 1 saturated heterocycles. The molecule has 1 aliphatic rings. The highest BCUT2D eigenvalue weighted by atomic mass is 16.5. The van der Waals surface area contributed by atoms with Crippen molar-refractivity contribution in [1.29, 1.82) is 0 Å². The lowest BCUT2D eigenvalue weighted by Crippen LogP contribution is -2.43. The first-order valence-corrected chi connectivity index (χ1v) is 7.57. The van der Waals surface area contributed by atoms with Crippen LogP contribution in [0.1, 0.15) is 45.1 Å². The standard InChI is InChI=1S/C17H27NO/c1-17(2)14-16(11-13-19-17)18-12-7-6-10-15-8-4-3-5-9-15/h3-5,8-9,16,18H,6-7,10-14H2,1-2H3. The maximum atomic E-state index is 5.74. The third kappa shape index (κ3) is 5.33. The SMILES string of the molecule is CC1(C)CC(NCCCCc2ccccc2)CCO1. The van der Waals surface area contributed by atoms with Crippen molar-refractivity contribution in [2.45, 2.75) is 57.6 Å². The molecule has 1 aromatic carbocycles. The van der Waals surface area contributed by atoms with E-state index in [4.69, 9.17) is 4.74 Å². The summed E-state index contributed by atoms with van der Waals surface area (Å²) in [5.74, 6) is 0. The van der Waals surface area contributed by atoms with Gasteiger partial charge in [-0.25, -0.2) is 0 Å². The van der Waals surface area contributed by atoms with Crippen molar-refractivity contribution >= 4 is 0 Å². The van der Waals surface area contributed by atoms with E-state index in [-0.39, 0.29) is 5.60 Å². The van der Waals surface area contributed by atoms with Crippen molar-refractivity contribution in [2.75, 3.05) is 13.2 Å². The average Bonchev–Trinajstić information content (AvgIpc) is 2.38. The highest BCUT2D eigenvalue weighted by Crippen LogP contribution is 2.23. The van der Waals surface area contributed by atoms with Crippen LogP contribution in [0.3, 0.4) is 0 Å². The van der Waals surface area contributed by atoms with Gasteiger partial charge in [-0.05, 0) is 58.1 Å². The largest absolute Gasteiger partial charge is 0.375 e. The Morgan fingerprint density at radius 3 is 2.74 bits per heavy atom. The van der Waals surface area contributed by atoms with Gasteiger partial charge in [0.15, 0.2) is 0 Å². The van der Waals surface area contributed by atoms with Crippen LogP contribution in [-0.4, -0.2) is 24.8 Å². The van der Waals surface area contributed by atoms with Gasteiger partial charge in [-0.2, -0.15) is 0 Å². The topological polar surface area (TPSA) is 21.3 Å². The fraction of sp³-hybridized carbons (Fsp3) is 0.647. The minimum absolute atomic E-state index is 0.0555. The lowest BCUT2D eigenvalue weighted by Gasteiger charge is -2.36. The molecule has 1 heterocycles. The summed E-state index contributed by atoms with van der Waals surface area (Å²) in [6, 6.07) is 11.4. The van der Waals surface area contributed by atoms with Crippen LogP contribution in [0.2, 0.25) is 0 Å². The summed E-state index contributed by atoms with van der Waals surface area (Å²) >= 11 is 0. The molecule has 0 spiro atoms. The molecule has 1 N–H and O–H groups in total. The fourth-order valence-electron chi connectivity index (χ4n) is 2.81. The molecule has 106 valence electrons. The monoisotopic (exact) mass is 261 g/mol. The van der Waals surface area contributed by atoms with Gasteiger partial charge in [-0.1, -0.05) is 30.3 Å². The van der Waals surface area contributed by atoms with Crippen molar-refractivity contribution in [3.05, 3.63) is 35.9 Å². The molecule has 1 aliphatic heterocycles. The predicted octanol–water partition coefficient (Wildman–Crippen LogP) is 3.56. The average molecular weight is 261 g/mol. The number of benzene rings is 1. The van der Waals surface area contributed by atoms with E-state index in [0.717, 1.165) is 26.0 Å². The zero-order valence-corrected chi connectivity index (χ0v) is 12.3. The van der Waals surface area contributed by atoms with Gasteiger partial charge in [0.25, 0.3) is 0 Å². The first kappa shape index (κ1) is 14.5. The van der Waals surface area contributed by atoms with E-state index in [1.165, 1.54) is 24.8 Å². The molecule has 1 aromatic rings. The molecular formula is C17H27NO. The molecule has 1 unspecified atom stereocenters. The summed E-state index contributed by atoms with van der Waals surface area (Å²) in [7, 11) is 0. The molecule has 19 heavy (non-hydrogen) atoms. The smallest absolute Gasteiger partial charge is 0.0641 e. The van der Waals surface area contributed by atoms with E-state index >= 15 is 0 Å². The lowest BCUT2D eigenvalue weighted by molar-refractivity contribution is -0.0627. The molecule has 2 heteroatoms. The maximum absolute atomic E-state index is 5.74. The van der Waals surface area contributed by atoms with Crippen LogP contribution >= 0.6 is 0 Å². The quantitative estimate of drug-likeness (QED) is 0.791. The number of rotatable bonds is 6. The van der Waals surface area contributed by atoms with Crippen molar-refractivity contribution in [3.63, 3.8) is 0 Å². The first-order chi connectivity index (χ1) is 9.16. The van der Waals surface area contributed by atoms with Crippen LogP contribution in [0.4, 0.5) is 0 Å². The van der Waals surface area contributed by atoms with Crippen LogP contribution in [0, 0.1) is 0 Å². The molecule has 0 aromatic heterocycles. The molecule has 2 nitrogen and oxygen atoms in total. The fourth-order valence-corrected chi connectivity index (χ4v) is 2.81. The van der Waals surface area contributed by atoms with E-state index in [0.29, 0.717) is 6.04 Å². The molecule has 0 bridgehead atoms. The molecule has 1 fully saturated rings. The maximum Gasteiger partial charge on any atom is 0.0641 e. The van der Waals surface area contributed by atoms with Gasteiger partial charge < -0.3 is 10.1 Å². The highest BCUT2D eigenvalue weighted by molar-refractivity contribution is 5.14. The summed E-state index contributed by atoms with van der Waals surface area (Å²) in [5.41, 5.74) is 1.51. The molecule has 2 rings (SSSR count). The highest BCUT2D eigenvalue weighted by Gasteiger charge is 2.28. The van der Waals surface area contributed by atoms with E-state index in [2.05, 4.69) is 49.5 Å². The van der Waals surface area contributed by atoms with E-state index in [9.17, 15) is 0 Å². The Bertz CT molecular complexity index is 361. The van der Waals surface area contributed by atoms with Crippen LogP contribution < -0.4 is 5.32 Å².